The van der Waals surface area contributed by atoms with Crippen molar-refractivity contribution >= 4 is 11.6 Å². The number of anilines is 1. The minimum atomic E-state index is -0.246. The van der Waals surface area contributed by atoms with E-state index in [4.69, 9.17) is 5.73 Å². The Labute approximate surface area is 102 Å². The van der Waals surface area contributed by atoms with Crippen molar-refractivity contribution in [2.75, 3.05) is 18.0 Å². The average Bonchev–Trinajstić information content (AvgIpc) is 3.13. The molecule has 3 rings (SSSR count). The first kappa shape index (κ1) is 10.6. The fraction of sp³-hybridized carbons (Fsp3) is 0.500. The number of para-hydroxylation sites is 1. The summed E-state index contributed by atoms with van der Waals surface area (Å²) in [5.41, 5.74) is 7.94. The molecule has 1 fully saturated rings. The molecule has 1 saturated carbocycles. The molecule has 1 atom stereocenters. The number of benzene rings is 1. The van der Waals surface area contributed by atoms with E-state index in [9.17, 15) is 4.79 Å². The third-order valence-corrected chi connectivity index (χ3v) is 3.92. The maximum absolute atomic E-state index is 11.1. The summed E-state index contributed by atoms with van der Waals surface area (Å²) in [6, 6.07) is 8.47. The number of primary amides is 1. The van der Waals surface area contributed by atoms with Gasteiger partial charge in [0.15, 0.2) is 0 Å². The number of rotatable bonds is 3. The number of fused-ring (bicyclic) bond motifs is 1. The Bertz CT molecular complexity index is 440. The van der Waals surface area contributed by atoms with E-state index in [1.54, 1.807) is 0 Å². The highest BCUT2D eigenvalue weighted by Gasteiger charge is 2.36. The van der Waals surface area contributed by atoms with Gasteiger partial charge < -0.3 is 10.6 Å². The van der Waals surface area contributed by atoms with Gasteiger partial charge in [-0.25, -0.2) is 0 Å². The molecular weight excluding hydrogens is 212 g/mol. The Balaban J connectivity index is 1.92. The second kappa shape index (κ2) is 4.06. The lowest BCUT2D eigenvalue weighted by Gasteiger charge is -2.35. The summed E-state index contributed by atoms with van der Waals surface area (Å²) in [6.07, 6.45) is 3.90. The molecular formula is C14H18N2O. The van der Waals surface area contributed by atoms with Crippen LogP contribution in [0, 0.1) is 5.92 Å². The standard InChI is InChI=1S/C14H18N2O/c15-14(17)9-16-8-7-11(10-5-6-10)12-3-1-2-4-13(12)16/h1-4,10-11H,5-9H2,(H2,15,17). The zero-order valence-electron chi connectivity index (χ0n) is 9.93. The van der Waals surface area contributed by atoms with E-state index in [2.05, 4.69) is 23.1 Å². The van der Waals surface area contributed by atoms with Crippen LogP contribution in [-0.4, -0.2) is 19.0 Å². The molecule has 1 aliphatic heterocycles. The first-order chi connectivity index (χ1) is 8.25. The van der Waals surface area contributed by atoms with Crippen molar-refractivity contribution in [3.05, 3.63) is 29.8 Å². The molecule has 1 amide bonds. The molecule has 1 heterocycles. The van der Waals surface area contributed by atoms with Gasteiger partial charge in [0, 0.05) is 12.2 Å². The SMILES string of the molecule is NC(=O)CN1CCC(C2CC2)c2ccccc21. The largest absolute Gasteiger partial charge is 0.368 e. The lowest BCUT2D eigenvalue weighted by atomic mass is 9.86. The molecule has 3 heteroatoms. The molecule has 1 aromatic rings. The molecule has 0 radical (unpaired) electrons. The first-order valence-corrected chi connectivity index (χ1v) is 6.38. The van der Waals surface area contributed by atoms with Crippen LogP contribution in [0.5, 0.6) is 0 Å². The normalized spacial score (nSPS) is 23.3. The molecule has 0 bridgehead atoms. The van der Waals surface area contributed by atoms with Crippen LogP contribution in [0.3, 0.4) is 0 Å². The smallest absolute Gasteiger partial charge is 0.236 e. The number of carbonyl (C=O) groups excluding carboxylic acids is 1. The monoisotopic (exact) mass is 230 g/mol. The van der Waals surface area contributed by atoms with Crippen molar-refractivity contribution in [1.82, 2.24) is 0 Å². The molecule has 0 saturated heterocycles. The van der Waals surface area contributed by atoms with Gasteiger partial charge >= 0.3 is 0 Å². The quantitative estimate of drug-likeness (QED) is 0.861. The number of carbonyl (C=O) groups is 1. The van der Waals surface area contributed by atoms with E-state index in [-0.39, 0.29) is 5.91 Å². The first-order valence-electron chi connectivity index (χ1n) is 6.38. The van der Waals surface area contributed by atoms with Crippen molar-refractivity contribution in [2.24, 2.45) is 11.7 Å². The molecule has 1 aromatic carbocycles. The summed E-state index contributed by atoms with van der Waals surface area (Å²) in [5, 5.41) is 0. The number of amides is 1. The molecule has 0 aromatic heterocycles. The third kappa shape index (κ3) is 2.02. The number of hydrogen-bond acceptors (Lipinski definition) is 2. The Kier molecular flexibility index (Phi) is 2.54. The molecule has 2 aliphatic rings. The molecule has 17 heavy (non-hydrogen) atoms. The van der Waals surface area contributed by atoms with E-state index in [1.165, 1.54) is 24.1 Å². The van der Waals surface area contributed by atoms with E-state index < -0.39 is 0 Å². The van der Waals surface area contributed by atoms with Crippen molar-refractivity contribution < 1.29 is 4.79 Å². The summed E-state index contributed by atoms with van der Waals surface area (Å²) in [6.45, 7) is 1.30. The summed E-state index contributed by atoms with van der Waals surface area (Å²) < 4.78 is 0. The fourth-order valence-corrected chi connectivity index (χ4v) is 3.00. The van der Waals surface area contributed by atoms with Crippen molar-refractivity contribution in [3.8, 4) is 0 Å². The predicted molar refractivity (Wildman–Crippen MR) is 67.9 cm³/mol. The highest BCUT2D eigenvalue weighted by Crippen LogP contribution is 2.49. The fourth-order valence-electron chi connectivity index (χ4n) is 3.00. The third-order valence-electron chi connectivity index (χ3n) is 3.92. The van der Waals surface area contributed by atoms with Crippen LogP contribution in [0.15, 0.2) is 24.3 Å². The van der Waals surface area contributed by atoms with Gasteiger partial charge in [-0.1, -0.05) is 18.2 Å². The lowest BCUT2D eigenvalue weighted by Crippen LogP contribution is -2.38. The Morgan fingerprint density at radius 3 is 2.76 bits per heavy atom. The van der Waals surface area contributed by atoms with E-state index >= 15 is 0 Å². The van der Waals surface area contributed by atoms with Gasteiger partial charge in [-0.3, -0.25) is 4.79 Å². The van der Waals surface area contributed by atoms with E-state index in [0.29, 0.717) is 12.5 Å². The summed E-state index contributed by atoms with van der Waals surface area (Å²) in [7, 11) is 0. The predicted octanol–water partition coefficient (Wildman–Crippen LogP) is 1.88. The van der Waals surface area contributed by atoms with Crippen LogP contribution in [-0.2, 0) is 4.79 Å². The van der Waals surface area contributed by atoms with E-state index in [0.717, 1.165) is 18.9 Å². The number of nitrogens with two attached hydrogens (primary N) is 1. The molecule has 90 valence electrons. The van der Waals surface area contributed by atoms with Gasteiger partial charge in [0.05, 0.1) is 6.54 Å². The minimum absolute atomic E-state index is 0.246. The van der Waals surface area contributed by atoms with Crippen LogP contribution in [0.4, 0.5) is 5.69 Å². The molecule has 2 N–H and O–H groups in total. The van der Waals surface area contributed by atoms with Gasteiger partial charge in [0.2, 0.25) is 5.91 Å². The molecule has 0 spiro atoms. The van der Waals surface area contributed by atoms with Crippen molar-refractivity contribution in [3.63, 3.8) is 0 Å². The van der Waals surface area contributed by atoms with Crippen LogP contribution >= 0.6 is 0 Å². The zero-order valence-corrected chi connectivity index (χ0v) is 9.93. The highest BCUT2D eigenvalue weighted by molar-refractivity contribution is 5.80. The summed E-state index contributed by atoms with van der Waals surface area (Å²) in [4.78, 5) is 13.2. The highest BCUT2D eigenvalue weighted by atomic mass is 16.1. The van der Waals surface area contributed by atoms with Crippen molar-refractivity contribution in [1.29, 1.82) is 0 Å². The Morgan fingerprint density at radius 1 is 1.29 bits per heavy atom. The Morgan fingerprint density at radius 2 is 2.06 bits per heavy atom. The zero-order chi connectivity index (χ0) is 11.8. The van der Waals surface area contributed by atoms with Gasteiger partial charge in [-0.05, 0) is 42.7 Å². The molecule has 1 unspecified atom stereocenters. The number of hydrogen-bond donors (Lipinski definition) is 1. The molecule has 1 aliphatic carbocycles. The van der Waals surface area contributed by atoms with Gasteiger partial charge in [0.1, 0.15) is 0 Å². The summed E-state index contributed by atoms with van der Waals surface area (Å²) >= 11 is 0. The average molecular weight is 230 g/mol. The van der Waals surface area contributed by atoms with Gasteiger partial charge in [0.25, 0.3) is 0 Å². The summed E-state index contributed by atoms with van der Waals surface area (Å²) in [5.74, 6) is 1.34. The second-order valence-corrected chi connectivity index (χ2v) is 5.18. The number of nitrogens with zero attached hydrogens (tertiary/aromatic N) is 1. The van der Waals surface area contributed by atoms with Gasteiger partial charge in [-0.2, -0.15) is 0 Å². The second-order valence-electron chi connectivity index (χ2n) is 5.18. The van der Waals surface area contributed by atoms with Gasteiger partial charge in [-0.15, -0.1) is 0 Å². The van der Waals surface area contributed by atoms with Crippen molar-refractivity contribution in [2.45, 2.75) is 25.2 Å². The Hall–Kier alpha value is -1.51. The van der Waals surface area contributed by atoms with Crippen LogP contribution in [0.2, 0.25) is 0 Å². The molecule has 3 nitrogen and oxygen atoms in total. The van der Waals surface area contributed by atoms with Crippen LogP contribution in [0.1, 0.15) is 30.7 Å². The minimum Gasteiger partial charge on any atom is -0.368 e. The maximum atomic E-state index is 11.1. The van der Waals surface area contributed by atoms with Crippen LogP contribution in [0.25, 0.3) is 0 Å². The van der Waals surface area contributed by atoms with Crippen LogP contribution < -0.4 is 10.6 Å². The maximum Gasteiger partial charge on any atom is 0.236 e. The topological polar surface area (TPSA) is 46.3 Å². The lowest BCUT2D eigenvalue weighted by molar-refractivity contribution is -0.116. The van der Waals surface area contributed by atoms with E-state index in [1.807, 2.05) is 6.07 Å².